The highest BCUT2D eigenvalue weighted by Crippen LogP contribution is 2.28. The first-order chi connectivity index (χ1) is 6.97. The smallest absolute Gasteiger partial charge is 0.243 e. The van der Waals surface area contributed by atoms with E-state index >= 15 is 0 Å². The molecule has 1 fully saturated rings. The fourth-order valence-corrected chi connectivity index (χ4v) is 1.90. The molecule has 1 saturated carbocycles. The van der Waals surface area contributed by atoms with Crippen molar-refractivity contribution in [2.45, 2.75) is 64.9 Å². The molecule has 0 heterocycles. The summed E-state index contributed by atoms with van der Waals surface area (Å²) in [5, 5.41) is 0. The third-order valence-corrected chi connectivity index (χ3v) is 2.73. The van der Waals surface area contributed by atoms with Crippen LogP contribution in [0.25, 0.3) is 0 Å². The molecule has 0 spiro atoms. The van der Waals surface area contributed by atoms with Gasteiger partial charge in [0, 0.05) is 6.42 Å². The molecule has 0 bridgehead atoms. The lowest BCUT2D eigenvalue weighted by atomic mass is 10.0. The maximum absolute atomic E-state index is 11.4. The van der Waals surface area contributed by atoms with Gasteiger partial charge in [-0.2, -0.15) is 0 Å². The fraction of sp³-hybridized carbons (Fsp3) is 0.917. The maximum Gasteiger partial charge on any atom is 0.243 e. The van der Waals surface area contributed by atoms with E-state index in [2.05, 4.69) is 5.48 Å². The predicted molar refractivity (Wildman–Crippen MR) is 60.2 cm³/mol. The molecule has 0 aromatic carbocycles. The van der Waals surface area contributed by atoms with E-state index in [1.807, 2.05) is 20.8 Å². The van der Waals surface area contributed by atoms with Gasteiger partial charge in [0.1, 0.15) is 0 Å². The average molecular weight is 213 g/mol. The maximum atomic E-state index is 11.4. The molecule has 0 saturated heterocycles. The Morgan fingerprint density at radius 3 is 2.47 bits per heavy atom. The SMILES string of the molecule is CC(C)(C)ONC(=O)CCC1CCCC1. The van der Waals surface area contributed by atoms with E-state index in [9.17, 15) is 4.79 Å². The number of carbonyl (C=O) groups is 1. The van der Waals surface area contributed by atoms with Crippen molar-refractivity contribution in [3.63, 3.8) is 0 Å². The average Bonchev–Trinajstić information content (AvgIpc) is 2.62. The van der Waals surface area contributed by atoms with Crippen LogP contribution < -0.4 is 5.48 Å². The van der Waals surface area contributed by atoms with Crippen molar-refractivity contribution in [3.05, 3.63) is 0 Å². The summed E-state index contributed by atoms with van der Waals surface area (Å²) in [6.07, 6.45) is 6.89. The van der Waals surface area contributed by atoms with Crippen molar-refractivity contribution in [2.75, 3.05) is 0 Å². The van der Waals surface area contributed by atoms with Crippen molar-refractivity contribution in [1.82, 2.24) is 5.48 Å². The second-order valence-corrected chi connectivity index (χ2v) is 5.43. The minimum Gasteiger partial charge on any atom is -0.273 e. The van der Waals surface area contributed by atoms with Crippen molar-refractivity contribution >= 4 is 5.91 Å². The Kier molecular flexibility index (Phi) is 4.58. The topological polar surface area (TPSA) is 38.3 Å². The molecule has 0 unspecified atom stereocenters. The lowest BCUT2D eigenvalue weighted by Crippen LogP contribution is -2.33. The minimum absolute atomic E-state index is 0.0109. The normalized spacial score (nSPS) is 18.1. The molecule has 1 aliphatic carbocycles. The van der Waals surface area contributed by atoms with Gasteiger partial charge in [-0.1, -0.05) is 25.7 Å². The molecule has 1 N–H and O–H groups in total. The highest BCUT2D eigenvalue weighted by Gasteiger charge is 2.17. The highest BCUT2D eigenvalue weighted by molar-refractivity contribution is 5.74. The molecule has 1 amide bonds. The number of rotatable bonds is 4. The third kappa shape index (κ3) is 5.78. The third-order valence-electron chi connectivity index (χ3n) is 2.73. The van der Waals surface area contributed by atoms with Gasteiger partial charge in [0.15, 0.2) is 0 Å². The number of hydroxylamine groups is 1. The van der Waals surface area contributed by atoms with Crippen LogP contribution in [0.15, 0.2) is 0 Å². The van der Waals surface area contributed by atoms with Gasteiger partial charge >= 0.3 is 0 Å². The summed E-state index contributed by atoms with van der Waals surface area (Å²) in [6, 6.07) is 0. The van der Waals surface area contributed by atoms with Gasteiger partial charge in [0.2, 0.25) is 5.91 Å². The van der Waals surface area contributed by atoms with Crippen LogP contribution in [0.2, 0.25) is 0 Å². The van der Waals surface area contributed by atoms with E-state index < -0.39 is 0 Å². The first-order valence-corrected chi connectivity index (χ1v) is 5.94. The zero-order chi connectivity index (χ0) is 11.3. The first kappa shape index (κ1) is 12.5. The lowest BCUT2D eigenvalue weighted by Gasteiger charge is -2.19. The molecule has 3 heteroatoms. The molecular weight excluding hydrogens is 190 g/mol. The number of carbonyl (C=O) groups excluding carboxylic acids is 1. The van der Waals surface area contributed by atoms with Crippen LogP contribution >= 0.6 is 0 Å². The Balaban J connectivity index is 2.08. The quantitative estimate of drug-likeness (QED) is 0.729. The Morgan fingerprint density at radius 2 is 1.93 bits per heavy atom. The van der Waals surface area contributed by atoms with Gasteiger partial charge in [0.25, 0.3) is 0 Å². The van der Waals surface area contributed by atoms with Gasteiger partial charge in [-0.15, -0.1) is 0 Å². The number of nitrogens with one attached hydrogen (secondary N) is 1. The van der Waals surface area contributed by atoms with Crippen LogP contribution in [0.5, 0.6) is 0 Å². The lowest BCUT2D eigenvalue weighted by molar-refractivity contribution is -0.145. The standard InChI is InChI=1S/C12H23NO2/c1-12(2,3)15-13-11(14)9-8-10-6-4-5-7-10/h10H,4-9H2,1-3H3,(H,13,14). The number of amides is 1. The summed E-state index contributed by atoms with van der Waals surface area (Å²) in [5.41, 5.74) is 2.21. The molecule has 1 rings (SSSR count). The molecule has 3 nitrogen and oxygen atoms in total. The van der Waals surface area contributed by atoms with E-state index in [1.165, 1.54) is 25.7 Å². The summed E-state index contributed by atoms with van der Waals surface area (Å²) >= 11 is 0. The summed E-state index contributed by atoms with van der Waals surface area (Å²) in [7, 11) is 0. The van der Waals surface area contributed by atoms with Gasteiger partial charge in [-0.3, -0.25) is 9.63 Å². The summed E-state index contributed by atoms with van der Waals surface area (Å²) in [6.45, 7) is 5.76. The van der Waals surface area contributed by atoms with Gasteiger partial charge in [0.05, 0.1) is 5.60 Å². The molecule has 0 aromatic rings. The Bertz CT molecular complexity index is 202. The van der Waals surface area contributed by atoms with E-state index in [0.29, 0.717) is 6.42 Å². The Morgan fingerprint density at radius 1 is 1.33 bits per heavy atom. The second kappa shape index (κ2) is 5.50. The largest absolute Gasteiger partial charge is 0.273 e. The van der Waals surface area contributed by atoms with Crippen LogP contribution in [0.1, 0.15) is 59.3 Å². The molecule has 0 aliphatic heterocycles. The Labute approximate surface area is 92.5 Å². The van der Waals surface area contributed by atoms with E-state index in [0.717, 1.165) is 12.3 Å². The zero-order valence-corrected chi connectivity index (χ0v) is 10.1. The van der Waals surface area contributed by atoms with E-state index in [1.54, 1.807) is 0 Å². The summed E-state index contributed by atoms with van der Waals surface area (Å²) in [5.74, 6) is 0.780. The van der Waals surface area contributed by atoms with Gasteiger partial charge in [-0.05, 0) is 33.1 Å². The summed E-state index contributed by atoms with van der Waals surface area (Å²) in [4.78, 5) is 16.6. The van der Waals surface area contributed by atoms with Crippen molar-refractivity contribution in [3.8, 4) is 0 Å². The predicted octanol–water partition coefficient (Wildman–Crippen LogP) is 2.80. The Hall–Kier alpha value is -0.570. The summed E-state index contributed by atoms with van der Waals surface area (Å²) < 4.78 is 0. The van der Waals surface area contributed by atoms with Crippen molar-refractivity contribution < 1.29 is 9.63 Å². The molecule has 0 radical (unpaired) electrons. The fourth-order valence-electron chi connectivity index (χ4n) is 1.90. The first-order valence-electron chi connectivity index (χ1n) is 5.94. The van der Waals surface area contributed by atoms with Crippen LogP contribution in [0.3, 0.4) is 0 Å². The van der Waals surface area contributed by atoms with Crippen LogP contribution in [0.4, 0.5) is 0 Å². The number of hydrogen-bond acceptors (Lipinski definition) is 2. The molecule has 0 aromatic heterocycles. The van der Waals surface area contributed by atoms with Gasteiger partial charge in [-0.25, -0.2) is 5.48 Å². The van der Waals surface area contributed by atoms with E-state index in [4.69, 9.17) is 4.84 Å². The second-order valence-electron chi connectivity index (χ2n) is 5.43. The molecular formula is C12H23NO2. The minimum atomic E-state index is -0.303. The molecule has 88 valence electrons. The van der Waals surface area contributed by atoms with Crippen LogP contribution in [-0.4, -0.2) is 11.5 Å². The van der Waals surface area contributed by atoms with Gasteiger partial charge < -0.3 is 0 Å². The zero-order valence-electron chi connectivity index (χ0n) is 10.1. The molecule has 0 atom stereocenters. The van der Waals surface area contributed by atoms with Crippen molar-refractivity contribution in [1.29, 1.82) is 0 Å². The van der Waals surface area contributed by atoms with Crippen LogP contribution in [0, 0.1) is 5.92 Å². The van der Waals surface area contributed by atoms with Crippen molar-refractivity contribution in [2.24, 2.45) is 5.92 Å². The molecule has 1 aliphatic rings. The van der Waals surface area contributed by atoms with E-state index in [-0.39, 0.29) is 11.5 Å². The highest BCUT2D eigenvalue weighted by atomic mass is 16.7. The monoisotopic (exact) mass is 213 g/mol. The molecule has 15 heavy (non-hydrogen) atoms. The number of hydrogen-bond donors (Lipinski definition) is 1. The van der Waals surface area contributed by atoms with Crippen LogP contribution in [-0.2, 0) is 9.63 Å².